The first kappa shape index (κ1) is 22.4. The van der Waals surface area contributed by atoms with Gasteiger partial charge in [-0.1, -0.05) is 0 Å². The number of Topliss-reactive ketones (excluding diaryl/α,β-unsaturated/α-hetero) is 2. The number of carbonyl (C=O) groups is 2. The fourth-order valence-corrected chi connectivity index (χ4v) is 6.56. The molecule has 4 aromatic carbocycles. The summed E-state index contributed by atoms with van der Waals surface area (Å²) in [5, 5.41) is 2.23. The summed E-state index contributed by atoms with van der Waals surface area (Å²) in [6.45, 7) is 0. The van der Waals surface area contributed by atoms with E-state index in [1.807, 2.05) is 60.7 Å². The van der Waals surface area contributed by atoms with Crippen molar-refractivity contribution in [2.45, 2.75) is 0 Å². The molecule has 3 nitrogen and oxygen atoms in total. The first-order valence-electron chi connectivity index (χ1n) is 11.2. The molecule has 6 rings (SSSR count). The maximum absolute atomic E-state index is 13.7. The number of hydrogen-bond acceptors (Lipinski definition) is 3. The van der Waals surface area contributed by atoms with Crippen molar-refractivity contribution in [3.63, 3.8) is 0 Å². The van der Waals surface area contributed by atoms with Gasteiger partial charge in [-0.3, -0.25) is 0 Å². The predicted octanol–water partition coefficient (Wildman–Crippen LogP) is 7.11. The molecular weight excluding hydrogens is 523 g/mol. The molecule has 0 unspecified atom stereocenters. The van der Waals surface area contributed by atoms with Gasteiger partial charge in [0, 0.05) is 0 Å². The number of carbonyl (C=O) groups excluding carboxylic acids is 2. The van der Waals surface area contributed by atoms with E-state index in [9.17, 15) is 18.4 Å². The first-order valence-corrected chi connectivity index (χ1v) is 13.0. The van der Waals surface area contributed by atoms with Gasteiger partial charge in [0.15, 0.2) is 0 Å². The third kappa shape index (κ3) is 3.72. The van der Waals surface area contributed by atoms with E-state index in [0.717, 1.165) is 43.3 Å². The quantitative estimate of drug-likeness (QED) is 0.139. The molecule has 1 aromatic heterocycles. The third-order valence-electron chi connectivity index (χ3n) is 6.18. The summed E-state index contributed by atoms with van der Waals surface area (Å²) in [6, 6.07) is 29.9. The minimum atomic E-state index is -1.14. The fraction of sp³-hybridized carbons (Fsp3) is 0. The van der Waals surface area contributed by atoms with E-state index in [-0.39, 0.29) is 31.2 Å². The summed E-state index contributed by atoms with van der Waals surface area (Å²) in [6.07, 6.45) is 1.57. The molecule has 0 aliphatic heterocycles. The number of ketones is 2. The van der Waals surface area contributed by atoms with E-state index in [0.29, 0.717) is 0 Å². The molecule has 36 heavy (non-hydrogen) atoms. The Labute approximate surface area is 211 Å². The van der Waals surface area contributed by atoms with Gasteiger partial charge in [0.2, 0.25) is 0 Å². The van der Waals surface area contributed by atoms with Crippen molar-refractivity contribution in [1.29, 1.82) is 0 Å². The Kier molecular flexibility index (Phi) is 5.48. The predicted molar refractivity (Wildman–Crippen MR) is 139 cm³/mol. The van der Waals surface area contributed by atoms with Crippen LogP contribution >= 0.6 is 0 Å². The van der Waals surface area contributed by atoms with Crippen LogP contribution in [0.15, 0.2) is 103 Å². The van der Waals surface area contributed by atoms with E-state index in [4.69, 9.17) is 0 Å². The first-order chi connectivity index (χ1) is 17.5. The normalized spacial score (nSPS) is 12.8. The molecule has 0 atom stereocenters. The molecule has 174 valence electrons. The van der Waals surface area contributed by atoms with Crippen LogP contribution in [0.4, 0.5) is 24.7 Å². The van der Waals surface area contributed by atoms with Crippen LogP contribution in [0.5, 0.6) is 0 Å². The summed E-state index contributed by atoms with van der Waals surface area (Å²) in [7, 11) is 0. The van der Waals surface area contributed by atoms with Crippen molar-refractivity contribution in [2.75, 3.05) is 4.90 Å². The Morgan fingerprint density at radius 1 is 0.694 bits per heavy atom. The van der Waals surface area contributed by atoms with Gasteiger partial charge in [0.05, 0.1) is 0 Å². The number of anilines is 3. The second kappa shape index (κ2) is 8.83. The van der Waals surface area contributed by atoms with Crippen LogP contribution in [0.3, 0.4) is 0 Å². The van der Waals surface area contributed by atoms with Gasteiger partial charge in [-0.25, -0.2) is 0 Å². The summed E-state index contributed by atoms with van der Waals surface area (Å²) < 4.78 is 29.3. The molecule has 0 bridgehead atoms. The maximum atomic E-state index is 13.7. The summed E-state index contributed by atoms with van der Waals surface area (Å²) in [5.74, 6) is -3.43. The molecule has 1 aliphatic carbocycles. The van der Waals surface area contributed by atoms with Crippen LogP contribution in [0, 0.1) is 11.6 Å². The number of rotatable bonds is 4. The van der Waals surface area contributed by atoms with E-state index < -0.39 is 23.2 Å². The van der Waals surface area contributed by atoms with Gasteiger partial charge >= 0.3 is 212 Å². The van der Waals surface area contributed by atoms with Crippen LogP contribution in [-0.4, -0.2) is 26.1 Å². The minimum absolute atomic E-state index is 0.0609. The van der Waals surface area contributed by atoms with Gasteiger partial charge in [0.25, 0.3) is 0 Å². The van der Waals surface area contributed by atoms with Gasteiger partial charge < -0.3 is 0 Å². The Morgan fingerprint density at radius 3 is 2.06 bits per heavy atom. The zero-order chi connectivity index (χ0) is 24.8. The number of para-hydroxylation sites is 1. The van der Waals surface area contributed by atoms with Gasteiger partial charge in [0.1, 0.15) is 0 Å². The Hall–Kier alpha value is -4.12. The van der Waals surface area contributed by atoms with Crippen molar-refractivity contribution >= 4 is 58.9 Å². The third-order valence-corrected chi connectivity index (χ3v) is 8.32. The second-order valence-electron chi connectivity index (χ2n) is 8.37. The van der Waals surface area contributed by atoms with E-state index in [1.165, 1.54) is 0 Å². The standard InChI is InChI=1S/C30H17F2NO2Se/c31-25-16-22-23(17-26(25)32)30(35)24(29(22)34)15-20-13-14-28(36-20)33(19-9-2-1-3-10-19)27-12-6-8-18-7-4-5-11-21(18)27/h1-17H. The number of allylic oxidation sites excluding steroid dienone is 1. The summed E-state index contributed by atoms with van der Waals surface area (Å²) in [5.41, 5.74) is 1.78. The molecule has 0 fully saturated rings. The molecule has 5 aromatic rings. The topological polar surface area (TPSA) is 37.4 Å². The van der Waals surface area contributed by atoms with Crippen LogP contribution in [0.2, 0.25) is 0 Å². The van der Waals surface area contributed by atoms with Crippen LogP contribution < -0.4 is 4.90 Å². The molecule has 0 saturated carbocycles. The molecule has 0 amide bonds. The van der Waals surface area contributed by atoms with Crippen molar-refractivity contribution in [2.24, 2.45) is 0 Å². The van der Waals surface area contributed by atoms with E-state index >= 15 is 0 Å². The number of hydrogen-bond donors (Lipinski definition) is 0. The molecule has 6 heteroatoms. The Bertz CT molecular complexity index is 1660. The molecular formula is C30H17F2NO2Se. The van der Waals surface area contributed by atoms with Crippen LogP contribution in [-0.2, 0) is 0 Å². The van der Waals surface area contributed by atoms with Gasteiger partial charge in [-0.15, -0.1) is 0 Å². The Morgan fingerprint density at radius 2 is 1.33 bits per heavy atom. The molecule has 1 heterocycles. The van der Waals surface area contributed by atoms with Crippen molar-refractivity contribution in [3.05, 3.63) is 130 Å². The van der Waals surface area contributed by atoms with Crippen molar-refractivity contribution < 1.29 is 18.4 Å². The monoisotopic (exact) mass is 541 g/mol. The second-order valence-corrected chi connectivity index (χ2v) is 10.7. The molecule has 0 spiro atoms. The SMILES string of the molecule is O=C1C(=Cc2ccc(N(c3ccccc3)c3cccc4ccccc34)[se]2)C(=O)c2cc(F)c(F)cc21. The average molecular weight is 540 g/mol. The van der Waals surface area contributed by atoms with Crippen LogP contribution in [0.1, 0.15) is 25.2 Å². The van der Waals surface area contributed by atoms with Crippen LogP contribution in [0.25, 0.3) is 16.8 Å². The van der Waals surface area contributed by atoms with E-state index in [1.54, 1.807) is 6.08 Å². The molecule has 1 aliphatic rings. The summed E-state index contributed by atoms with van der Waals surface area (Å²) >= 11 is -0.231. The Balaban J connectivity index is 1.44. The molecule has 0 N–H and O–H groups in total. The molecule has 0 radical (unpaired) electrons. The number of nitrogens with zero attached hydrogens (tertiary/aromatic N) is 1. The summed E-state index contributed by atoms with van der Waals surface area (Å²) in [4.78, 5) is 27.9. The van der Waals surface area contributed by atoms with E-state index in [2.05, 4.69) is 29.2 Å². The fourth-order valence-electron chi connectivity index (χ4n) is 4.49. The van der Waals surface area contributed by atoms with Gasteiger partial charge in [-0.2, -0.15) is 0 Å². The number of halogens is 2. The van der Waals surface area contributed by atoms with Gasteiger partial charge in [-0.05, 0) is 0 Å². The zero-order valence-electron chi connectivity index (χ0n) is 18.7. The molecule has 0 saturated heterocycles. The number of fused-ring (bicyclic) bond motifs is 2. The van der Waals surface area contributed by atoms with Crippen molar-refractivity contribution in [3.8, 4) is 0 Å². The van der Waals surface area contributed by atoms with Crippen molar-refractivity contribution in [1.82, 2.24) is 0 Å². The zero-order valence-corrected chi connectivity index (χ0v) is 20.5. The average Bonchev–Trinajstić information content (AvgIpc) is 3.44. The number of benzene rings is 4.